The molecular weight excluding hydrogens is 395 g/mol. The van der Waals surface area contributed by atoms with Gasteiger partial charge in [-0.05, 0) is 55.3 Å². The lowest BCUT2D eigenvalue weighted by atomic mass is 10.2. The standard InChI is InChI=1S/C18H20Cl2N2O3S/c1-3-12(2)22-26(24,25)16-8-5-13(6-9-16)18(23)21-11-14-4-7-15(19)10-17(14)20/h4-10,12,22H,3,11H2,1-2H3,(H,21,23)/t12-/m1/s1. The van der Waals surface area contributed by atoms with Crippen LogP contribution in [0.4, 0.5) is 0 Å². The number of carbonyl (C=O) groups excluding carboxylic acids is 1. The highest BCUT2D eigenvalue weighted by Crippen LogP contribution is 2.21. The van der Waals surface area contributed by atoms with Crippen molar-refractivity contribution in [3.63, 3.8) is 0 Å². The first kappa shape index (κ1) is 20.7. The number of rotatable bonds is 7. The zero-order valence-electron chi connectivity index (χ0n) is 14.4. The van der Waals surface area contributed by atoms with E-state index in [0.29, 0.717) is 22.0 Å². The predicted octanol–water partition coefficient (Wildman–Crippen LogP) is 4.00. The molecule has 0 heterocycles. The molecule has 0 spiro atoms. The summed E-state index contributed by atoms with van der Waals surface area (Å²) < 4.78 is 27.0. The molecule has 0 saturated carbocycles. The Morgan fingerprint density at radius 3 is 2.35 bits per heavy atom. The van der Waals surface area contributed by atoms with Gasteiger partial charge in [0.05, 0.1) is 4.90 Å². The van der Waals surface area contributed by atoms with Gasteiger partial charge in [0, 0.05) is 28.2 Å². The summed E-state index contributed by atoms with van der Waals surface area (Å²) in [7, 11) is -3.59. The summed E-state index contributed by atoms with van der Waals surface area (Å²) in [5, 5.41) is 3.73. The topological polar surface area (TPSA) is 75.3 Å². The molecular formula is C18H20Cl2N2O3S. The van der Waals surface area contributed by atoms with Gasteiger partial charge in [-0.25, -0.2) is 13.1 Å². The van der Waals surface area contributed by atoms with Gasteiger partial charge in [0.15, 0.2) is 0 Å². The van der Waals surface area contributed by atoms with E-state index in [4.69, 9.17) is 23.2 Å². The third-order valence-electron chi connectivity index (χ3n) is 3.85. The van der Waals surface area contributed by atoms with Gasteiger partial charge in [-0.3, -0.25) is 4.79 Å². The van der Waals surface area contributed by atoms with E-state index in [1.54, 1.807) is 25.1 Å². The SMILES string of the molecule is CC[C@@H](C)NS(=O)(=O)c1ccc(C(=O)NCc2ccc(Cl)cc2Cl)cc1. The molecule has 2 N–H and O–H groups in total. The minimum absolute atomic E-state index is 0.120. The fourth-order valence-corrected chi connectivity index (χ4v) is 3.95. The molecule has 140 valence electrons. The van der Waals surface area contributed by atoms with Gasteiger partial charge >= 0.3 is 0 Å². The van der Waals surface area contributed by atoms with Crippen LogP contribution in [0, 0.1) is 0 Å². The third kappa shape index (κ3) is 5.45. The minimum Gasteiger partial charge on any atom is -0.348 e. The van der Waals surface area contributed by atoms with Crippen LogP contribution in [-0.2, 0) is 16.6 Å². The summed E-state index contributed by atoms with van der Waals surface area (Å²) in [6.07, 6.45) is 0.687. The van der Waals surface area contributed by atoms with Crippen molar-refractivity contribution in [2.75, 3.05) is 0 Å². The van der Waals surface area contributed by atoms with Crippen molar-refractivity contribution in [1.29, 1.82) is 0 Å². The Bertz CT molecular complexity index is 884. The van der Waals surface area contributed by atoms with E-state index in [9.17, 15) is 13.2 Å². The van der Waals surface area contributed by atoms with E-state index in [-0.39, 0.29) is 23.4 Å². The molecule has 26 heavy (non-hydrogen) atoms. The summed E-state index contributed by atoms with van der Waals surface area (Å²) in [5.41, 5.74) is 1.10. The lowest BCUT2D eigenvalue weighted by Gasteiger charge is -2.12. The molecule has 8 heteroatoms. The highest BCUT2D eigenvalue weighted by Gasteiger charge is 2.17. The zero-order chi connectivity index (χ0) is 19.3. The van der Waals surface area contributed by atoms with E-state index in [1.165, 1.54) is 24.3 Å². The van der Waals surface area contributed by atoms with Crippen LogP contribution in [0.2, 0.25) is 10.0 Å². The Morgan fingerprint density at radius 1 is 1.12 bits per heavy atom. The summed E-state index contributed by atoms with van der Waals surface area (Å²) in [5.74, 6) is -0.324. The van der Waals surface area contributed by atoms with E-state index in [0.717, 1.165) is 5.56 Å². The fourth-order valence-electron chi connectivity index (χ4n) is 2.14. The van der Waals surface area contributed by atoms with Crippen molar-refractivity contribution >= 4 is 39.1 Å². The first-order chi connectivity index (χ1) is 12.2. The van der Waals surface area contributed by atoms with Crippen molar-refractivity contribution in [2.45, 2.75) is 37.8 Å². The highest BCUT2D eigenvalue weighted by molar-refractivity contribution is 7.89. The molecule has 1 atom stereocenters. The van der Waals surface area contributed by atoms with Crippen LogP contribution in [-0.4, -0.2) is 20.4 Å². The number of amides is 1. The van der Waals surface area contributed by atoms with Crippen LogP contribution in [0.25, 0.3) is 0 Å². The average Bonchev–Trinajstić information content (AvgIpc) is 2.60. The second kappa shape index (κ2) is 8.86. The van der Waals surface area contributed by atoms with Crippen molar-refractivity contribution in [3.8, 4) is 0 Å². The second-order valence-corrected chi connectivity index (χ2v) is 8.43. The van der Waals surface area contributed by atoms with Gasteiger partial charge < -0.3 is 5.32 Å². The first-order valence-electron chi connectivity index (χ1n) is 8.07. The Labute approximate surface area is 163 Å². The second-order valence-electron chi connectivity index (χ2n) is 5.87. The first-order valence-corrected chi connectivity index (χ1v) is 10.3. The smallest absolute Gasteiger partial charge is 0.251 e. The summed E-state index contributed by atoms with van der Waals surface area (Å²) in [6, 6.07) is 10.7. The molecule has 0 fully saturated rings. The number of carbonyl (C=O) groups is 1. The van der Waals surface area contributed by atoms with Crippen LogP contribution >= 0.6 is 23.2 Å². The number of sulfonamides is 1. The molecule has 0 saturated heterocycles. The molecule has 5 nitrogen and oxygen atoms in total. The van der Waals surface area contributed by atoms with Gasteiger partial charge in [0.25, 0.3) is 5.91 Å². The molecule has 0 aliphatic heterocycles. The van der Waals surface area contributed by atoms with Crippen molar-refractivity contribution < 1.29 is 13.2 Å². The number of hydrogen-bond acceptors (Lipinski definition) is 3. The third-order valence-corrected chi connectivity index (χ3v) is 6.04. The van der Waals surface area contributed by atoms with E-state index < -0.39 is 10.0 Å². The van der Waals surface area contributed by atoms with Gasteiger partial charge in [0.1, 0.15) is 0 Å². The monoisotopic (exact) mass is 414 g/mol. The van der Waals surface area contributed by atoms with Gasteiger partial charge in [-0.2, -0.15) is 0 Å². The van der Waals surface area contributed by atoms with Crippen LogP contribution in [0.5, 0.6) is 0 Å². The molecule has 1 amide bonds. The summed E-state index contributed by atoms with van der Waals surface area (Å²) >= 11 is 11.9. The molecule has 2 aromatic carbocycles. The number of halogens is 2. The highest BCUT2D eigenvalue weighted by atomic mass is 35.5. The molecule has 0 aromatic heterocycles. The van der Waals surface area contributed by atoms with Crippen LogP contribution in [0.1, 0.15) is 36.2 Å². The number of nitrogens with one attached hydrogen (secondary N) is 2. The zero-order valence-corrected chi connectivity index (χ0v) is 16.8. The molecule has 0 aliphatic carbocycles. The number of benzene rings is 2. The largest absolute Gasteiger partial charge is 0.348 e. The van der Waals surface area contributed by atoms with E-state index in [2.05, 4.69) is 10.0 Å². The Balaban J connectivity index is 2.04. The summed E-state index contributed by atoms with van der Waals surface area (Å²) in [6.45, 7) is 3.93. The maximum Gasteiger partial charge on any atom is 0.251 e. The Hall–Kier alpha value is -1.60. The maximum atomic E-state index is 12.2. The van der Waals surface area contributed by atoms with Gasteiger partial charge in [-0.1, -0.05) is 36.2 Å². The normalized spacial score (nSPS) is 12.6. The predicted molar refractivity (Wildman–Crippen MR) is 104 cm³/mol. The maximum absolute atomic E-state index is 12.2. The van der Waals surface area contributed by atoms with E-state index in [1.807, 2.05) is 6.92 Å². The summed E-state index contributed by atoms with van der Waals surface area (Å²) in [4.78, 5) is 12.4. The van der Waals surface area contributed by atoms with Gasteiger partial charge in [0.2, 0.25) is 10.0 Å². The average molecular weight is 415 g/mol. The molecule has 0 radical (unpaired) electrons. The van der Waals surface area contributed by atoms with Crippen molar-refractivity contribution in [1.82, 2.24) is 10.0 Å². The molecule has 0 unspecified atom stereocenters. The number of hydrogen-bond donors (Lipinski definition) is 2. The van der Waals surface area contributed by atoms with Gasteiger partial charge in [-0.15, -0.1) is 0 Å². The fraction of sp³-hybridized carbons (Fsp3) is 0.278. The molecule has 2 aromatic rings. The quantitative estimate of drug-likeness (QED) is 0.718. The lowest BCUT2D eigenvalue weighted by molar-refractivity contribution is 0.0951. The van der Waals surface area contributed by atoms with Crippen LogP contribution in [0.3, 0.4) is 0 Å². The molecule has 2 rings (SSSR count). The van der Waals surface area contributed by atoms with Crippen molar-refractivity contribution in [3.05, 3.63) is 63.6 Å². The Kier molecular flexibility index (Phi) is 7.06. The van der Waals surface area contributed by atoms with Crippen LogP contribution < -0.4 is 10.0 Å². The van der Waals surface area contributed by atoms with E-state index >= 15 is 0 Å². The molecule has 0 bridgehead atoms. The minimum atomic E-state index is -3.59. The Morgan fingerprint density at radius 2 is 1.77 bits per heavy atom. The lowest BCUT2D eigenvalue weighted by Crippen LogP contribution is -2.32. The van der Waals surface area contributed by atoms with Crippen LogP contribution in [0.15, 0.2) is 47.4 Å². The van der Waals surface area contributed by atoms with Crippen molar-refractivity contribution in [2.24, 2.45) is 0 Å². The molecule has 0 aliphatic rings.